The molecule has 26 heavy (non-hydrogen) atoms. The molecule has 1 atom stereocenters. The lowest BCUT2D eigenvalue weighted by atomic mass is 9.98. The van der Waals surface area contributed by atoms with E-state index in [4.69, 9.17) is 4.74 Å². The predicted molar refractivity (Wildman–Crippen MR) is 99.0 cm³/mol. The SMILES string of the molecule is CCOCCn1nc(C)cc1C(=O)N1CCCC[C@H]1CCn1cccn1. The van der Waals surface area contributed by atoms with Gasteiger partial charge >= 0.3 is 0 Å². The van der Waals surface area contributed by atoms with Crippen LogP contribution in [0.4, 0.5) is 0 Å². The molecule has 0 unspecified atom stereocenters. The molecular formula is C19H29N5O2. The van der Waals surface area contributed by atoms with E-state index in [2.05, 4.69) is 10.2 Å². The number of hydrogen-bond donors (Lipinski definition) is 0. The van der Waals surface area contributed by atoms with Gasteiger partial charge in [0.25, 0.3) is 5.91 Å². The Morgan fingerprint density at radius 3 is 3.00 bits per heavy atom. The first-order chi connectivity index (χ1) is 12.7. The van der Waals surface area contributed by atoms with Crippen LogP contribution in [0.5, 0.6) is 0 Å². The van der Waals surface area contributed by atoms with Crippen LogP contribution in [0.3, 0.4) is 0 Å². The molecule has 3 rings (SSSR count). The summed E-state index contributed by atoms with van der Waals surface area (Å²) in [5.74, 6) is 0.0901. The standard InChI is InChI=1S/C19H29N5O2/c1-3-26-14-13-24-18(15-16(2)21-24)19(25)23-11-5-4-7-17(23)8-12-22-10-6-9-20-22/h6,9-10,15,17H,3-5,7-8,11-14H2,1-2H3/t17-/m0/s1. The molecule has 3 heterocycles. The number of aromatic nitrogens is 4. The maximum atomic E-state index is 13.2. The zero-order chi connectivity index (χ0) is 18.4. The van der Waals surface area contributed by atoms with Crippen LogP contribution in [-0.4, -0.2) is 56.2 Å². The molecular weight excluding hydrogens is 330 g/mol. The van der Waals surface area contributed by atoms with Crippen molar-refractivity contribution in [3.8, 4) is 0 Å². The van der Waals surface area contributed by atoms with Gasteiger partial charge in [-0.2, -0.15) is 10.2 Å². The van der Waals surface area contributed by atoms with E-state index in [1.807, 2.05) is 41.8 Å². The van der Waals surface area contributed by atoms with Gasteiger partial charge in [-0.15, -0.1) is 0 Å². The molecule has 0 aliphatic carbocycles. The lowest BCUT2D eigenvalue weighted by Crippen LogP contribution is -2.45. The highest BCUT2D eigenvalue weighted by Gasteiger charge is 2.29. The fraction of sp³-hybridized carbons (Fsp3) is 0.632. The van der Waals surface area contributed by atoms with Gasteiger partial charge in [0.1, 0.15) is 5.69 Å². The highest BCUT2D eigenvalue weighted by Crippen LogP contribution is 2.23. The fourth-order valence-corrected chi connectivity index (χ4v) is 3.61. The maximum Gasteiger partial charge on any atom is 0.272 e. The minimum absolute atomic E-state index is 0.0901. The summed E-state index contributed by atoms with van der Waals surface area (Å²) in [6.07, 6.45) is 8.00. The second-order valence-corrected chi connectivity index (χ2v) is 6.80. The number of rotatable bonds is 8. The third-order valence-corrected chi connectivity index (χ3v) is 4.91. The van der Waals surface area contributed by atoms with Crippen molar-refractivity contribution in [1.29, 1.82) is 0 Å². The summed E-state index contributed by atoms with van der Waals surface area (Å²) in [7, 11) is 0. The second kappa shape index (κ2) is 8.98. The smallest absolute Gasteiger partial charge is 0.272 e. The van der Waals surface area contributed by atoms with Crippen LogP contribution in [0.15, 0.2) is 24.5 Å². The van der Waals surface area contributed by atoms with E-state index in [0.29, 0.717) is 25.5 Å². The van der Waals surface area contributed by atoms with Gasteiger partial charge in [-0.1, -0.05) is 0 Å². The van der Waals surface area contributed by atoms with E-state index >= 15 is 0 Å². The molecule has 0 saturated carbocycles. The summed E-state index contributed by atoms with van der Waals surface area (Å²) < 4.78 is 9.17. The normalized spacial score (nSPS) is 17.6. The molecule has 0 radical (unpaired) electrons. The number of carbonyl (C=O) groups excluding carboxylic acids is 1. The third kappa shape index (κ3) is 4.52. The first-order valence-corrected chi connectivity index (χ1v) is 9.59. The van der Waals surface area contributed by atoms with Crippen molar-refractivity contribution < 1.29 is 9.53 Å². The van der Waals surface area contributed by atoms with E-state index in [0.717, 1.165) is 38.0 Å². The van der Waals surface area contributed by atoms with Crippen molar-refractivity contribution >= 4 is 5.91 Å². The number of likely N-dealkylation sites (tertiary alicyclic amines) is 1. The number of amides is 1. The van der Waals surface area contributed by atoms with E-state index < -0.39 is 0 Å². The van der Waals surface area contributed by atoms with Crippen LogP contribution in [0.25, 0.3) is 0 Å². The quantitative estimate of drug-likeness (QED) is 0.679. The van der Waals surface area contributed by atoms with Gasteiger partial charge in [-0.3, -0.25) is 14.2 Å². The van der Waals surface area contributed by atoms with Crippen LogP contribution in [0.2, 0.25) is 0 Å². The molecule has 1 amide bonds. The van der Waals surface area contributed by atoms with Crippen LogP contribution >= 0.6 is 0 Å². The Kier molecular flexibility index (Phi) is 6.44. The van der Waals surface area contributed by atoms with E-state index in [9.17, 15) is 4.79 Å². The Morgan fingerprint density at radius 1 is 1.35 bits per heavy atom. The number of ether oxygens (including phenoxy) is 1. The molecule has 0 aromatic carbocycles. The summed E-state index contributed by atoms with van der Waals surface area (Å²) in [6.45, 7) is 7.40. The average molecular weight is 359 g/mol. The van der Waals surface area contributed by atoms with E-state index in [-0.39, 0.29) is 11.9 Å². The third-order valence-electron chi connectivity index (χ3n) is 4.91. The van der Waals surface area contributed by atoms with Gasteiger partial charge in [0.2, 0.25) is 0 Å². The number of nitrogens with zero attached hydrogens (tertiary/aromatic N) is 5. The molecule has 0 spiro atoms. The first-order valence-electron chi connectivity index (χ1n) is 9.59. The fourth-order valence-electron chi connectivity index (χ4n) is 3.61. The molecule has 1 fully saturated rings. The predicted octanol–water partition coefficient (Wildman–Crippen LogP) is 2.51. The van der Waals surface area contributed by atoms with E-state index in [1.165, 1.54) is 6.42 Å². The van der Waals surface area contributed by atoms with E-state index in [1.54, 1.807) is 10.9 Å². The van der Waals surface area contributed by atoms with Gasteiger partial charge in [0.05, 0.1) is 18.8 Å². The van der Waals surface area contributed by atoms with Crippen molar-refractivity contribution in [2.75, 3.05) is 19.8 Å². The van der Waals surface area contributed by atoms with Crippen molar-refractivity contribution in [2.45, 2.75) is 58.7 Å². The molecule has 1 aliphatic heterocycles. The number of piperidine rings is 1. The summed E-state index contributed by atoms with van der Waals surface area (Å²) in [5.41, 5.74) is 1.54. The molecule has 2 aromatic rings. The Bertz CT molecular complexity index is 695. The molecule has 7 heteroatoms. The zero-order valence-corrected chi connectivity index (χ0v) is 15.8. The highest BCUT2D eigenvalue weighted by molar-refractivity contribution is 5.93. The molecule has 142 valence electrons. The second-order valence-electron chi connectivity index (χ2n) is 6.80. The van der Waals surface area contributed by atoms with Crippen LogP contribution in [0.1, 0.15) is 48.8 Å². The largest absolute Gasteiger partial charge is 0.380 e. The summed E-state index contributed by atoms with van der Waals surface area (Å²) in [5, 5.41) is 8.76. The minimum Gasteiger partial charge on any atom is -0.380 e. The Hall–Kier alpha value is -2.15. The highest BCUT2D eigenvalue weighted by atomic mass is 16.5. The number of aryl methyl sites for hydroxylation is 2. The van der Waals surface area contributed by atoms with Crippen LogP contribution in [-0.2, 0) is 17.8 Å². The maximum absolute atomic E-state index is 13.2. The molecule has 0 bridgehead atoms. The van der Waals surface area contributed by atoms with Gasteiger partial charge in [-0.05, 0) is 51.7 Å². The topological polar surface area (TPSA) is 65.2 Å². The van der Waals surface area contributed by atoms with Crippen molar-refractivity contribution in [1.82, 2.24) is 24.5 Å². The van der Waals surface area contributed by atoms with Crippen molar-refractivity contribution in [2.24, 2.45) is 0 Å². The van der Waals surface area contributed by atoms with Crippen molar-refractivity contribution in [3.63, 3.8) is 0 Å². The van der Waals surface area contributed by atoms with Gasteiger partial charge < -0.3 is 9.64 Å². The lowest BCUT2D eigenvalue weighted by molar-refractivity contribution is 0.0577. The van der Waals surface area contributed by atoms with Crippen LogP contribution < -0.4 is 0 Å². The molecule has 1 saturated heterocycles. The van der Waals surface area contributed by atoms with Crippen molar-refractivity contribution in [3.05, 3.63) is 35.9 Å². The first kappa shape index (κ1) is 18.6. The Morgan fingerprint density at radius 2 is 2.23 bits per heavy atom. The minimum atomic E-state index is 0.0901. The summed E-state index contributed by atoms with van der Waals surface area (Å²) in [6, 6.07) is 4.09. The zero-order valence-electron chi connectivity index (χ0n) is 15.8. The average Bonchev–Trinajstić information content (AvgIpc) is 3.29. The summed E-state index contributed by atoms with van der Waals surface area (Å²) >= 11 is 0. The molecule has 2 aromatic heterocycles. The summed E-state index contributed by atoms with van der Waals surface area (Å²) in [4.78, 5) is 15.3. The Labute approximate surface area is 154 Å². The van der Waals surface area contributed by atoms with Crippen LogP contribution in [0, 0.1) is 6.92 Å². The van der Waals surface area contributed by atoms with Gasteiger partial charge in [0, 0.05) is 38.1 Å². The molecule has 1 aliphatic rings. The monoisotopic (exact) mass is 359 g/mol. The molecule has 0 N–H and O–H groups in total. The number of carbonyl (C=O) groups is 1. The lowest BCUT2D eigenvalue weighted by Gasteiger charge is -2.36. The molecule has 7 nitrogen and oxygen atoms in total. The van der Waals surface area contributed by atoms with Gasteiger partial charge in [-0.25, -0.2) is 0 Å². The Balaban J connectivity index is 1.69. The van der Waals surface area contributed by atoms with Gasteiger partial charge in [0.15, 0.2) is 0 Å². The number of hydrogen-bond acceptors (Lipinski definition) is 4.